The summed E-state index contributed by atoms with van der Waals surface area (Å²) in [5.41, 5.74) is -1.62. The molecule has 1 N–H and O–H groups in total. The molecule has 0 saturated carbocycles. The fraction of sp³-hybridized carbons (Fsp3) is 0.800. The molecule has 1 aromatic carbocycles. The summed E-state index contributed by atoms with van der Waals surface area (Å²) in [6.45, 7) is 16.8. The van der Waals surface area contributed by atoms with E-state index in [9.17, 15) is 14.7 Å². The number of likely N-dealkylation sites (N-methyl/N-ethyl adjacent to an activating group) is 1. The van der Waals surface area contributed by atoms with Gasteiger partial charge in [0.25, 0.3) is 0 Å². The Balaban J connectivity index is 2.15. The van der Waals surface area contributed by atoms with E-state index in [1.54, 1.807) is 35.2 Å². The van der Waals surface area contributed by atoms with Gasteiger partial charge in [-0.25, -0.2) is 0 Å². The smallest absolute Gasteiger partial charge is 0.186 e. The van der Waals surface area contributed by atoms with Gasteiger partial charge in [0.15, 0.2) is 12.1 Å². The van der Waals surface area contributed by atoms with Crippen molar-refractivity contribution in [3.8, 4) is 5.75 Å². The fourth-order valence-electron chi connectivity index (χ4n) is 7.29. The van der Waals surface area contributed by atoms with E-state index in [0.717, 1.165) is 24.2 Å². The molecule has 12 heteroatoms. The van der Waals surface area contributed by atoms with Crippen LogP contribution in [0.15, 0.2) is 34.5 Å². The largest absolute Gasteiger partial charge is 0.497 e. The van der Waals surface area contributed by atoms with Crippen LogP contribution in [0.25, 0.3) is 0 Å². The molecular weight excluding hydrogens is 666 g/mol. The molecule has 0 aliphatic carbocycles. The molecule has 12 nitrogen and oxygen atoms in total. The van der Waals surface area contributed by atoms with Crippen LogP contribution >= 0.6 is 0 Å². The Morgan fingerprint density at radius 3 is 2.19 bits per heavy atom. The van der Waals surface area contributed by atoms with Crippen molar-refractivity contribution in [3.05, 3.63) is 29.8 Å². The second kappa shape index (κ2) is 21.0. The second-order valence-corrected chi connectivity index (χ2v) is 15.2. The number of aliphatic hydroxyl groups is 1. The zero-order chi connectivity index (χ0) is 39.4. The van der Waals surface area contributed by atoms with Gasteiger partial charge < -0.3 is 38.4 Å². The van der Waals surface area contributed by atoms with Crippen LogP contribution in [-0.2, 0) is 33.3 Å². The topological polar surface area (TPSA) is 138 Å². The molecule has 52 heavy (non-hydrogen) atoms. The molecule has 12 unspecified atom stereocenters. The molecule has 0 spiro atoms. The highest BCUT2D eigenvalue weighted by atomic mass is 16.7. The zero-order valence-electron chi connectivity index (χ0n) is 34.4. The Labute approximate surface area is 313 Å². The first-order chi connectivity index (χ1) is 24.4. The summed E-state index contributed by atoms with van der Waals surface area (Å²) in [4.78, 5) is 29.8. The Morgan fingerprint density at radius 1 is 1.04 bits per heavy atom. The predicted molar refractivity (Wildman–Crippen MR) is 202 cm³/mol. The van der Waals surface area contributed by atoms with Gasteiger partial charge in [0.05, 0.1) is 50.2 Å². The number of rotatable bonds is 23. The average Bonchev–Trinajstić information content (AvgIpc) is 3.12. The average molecular weight is 736 g/mol. The normalized spacial score (nSPS) is 25.5. The van der Waals surface area contributed by atoms with Crippen LogP contribution in [0.4, 0.5) is 0 Å². The summed E-state index contributed by atoms with van der Waals surface area (Å²) in [6, 6.07) is 7.44. The highest BCUT2D eigenvalue weighted by Crippen LogP contribution is 2.36. The zero-order valence-corrected chi connectivity index (χ0v) is 34.4. The molecule has 12 atom stereocenters. The third-order valence-electron chi connectivity index (χ3n) is 10.7. The third-order valence-corrected chi connectivity index (χ3v) is 10.7. The standard InChI is InChI=1S/C40H69N3O9/c1-15-21-39(8,49-14)37(52-38-35(48-13)32(43(10)11)22-27(5)51-38)28(6)34(44)26(4)24-50-33(16-2)40(9,46)36(45)25(3)23-41-42-29(7)30-17-19-31(47-12)20-18-30/h17-20,25-29,32-33,35,37-38,46H,15-16,21-24H2,1-14H3. The van der Waals surface area contributed by atoms with Gasteiger partial charge in [-0.2, -0.15) is 10.2 Å². The number of ether oxygens (including phenoxy) is 6. The maximum atomic E-state index is 14.1. The molecule has 1 aliphatic rings. The van der Waals surface area contributed by atoms with Crippen molar-refractivity contribution >= 4 is 11.6 Å². The minimum Gasteiger partial charge on any atom is -0.497 e. The minimum absolute atomic E-state index is 0.0170. The van der Waals surface area contributed by atoms with Crippen LogP contribution in [0, 0.1) is 17.8 Å². The van der Waals surface area contributed by atoms with E-state index in [1.165, 1.54) is 6.92 Å². The summed E-state index contributed by atoms with van der Waals surface area (Å²) in [5.74, 6) is -1.47. The summed E-state index contributed by atoms with van der Waals surface area (Å²) < 4.78 is 36.5. The molecule has 1 aromatic rings. The lowest BCUT2D eigenvalue weighted by Gasteiger charge is -2.47. The molecule has 2 rings (SSSR count). The lowest BCUT2D eigenvalue weighted by molar-refractivity contribution is -0.298. The fourth-order valence-corrected chi connectivity index (χ4v) is 7.29. The van der Waals surface area contributed by atoms with E-state index in [0.29, 0.717) is 12.8 Å². The molecule has 1 fully saturated rings. The molecule has 1 saturated heterocycles. The number of hydrogen-bond acceptors (Lipinski definition) is 12. The molecule has 298 valence electrons. The van der Waals surface area contributed by atoms with Gasteiger partial charge in [-0.3, -0.25) is 9.59 Å². The number of carbonyl (C=O) groups is 2. The number of benzene rings is 1. The molecule has 0 bridgehead atoms. The van der Waals surface area contributed by atoms with E-state index in [4.69, 9.17) is 28.4 Å². The molecular formula is C40H69N3O9. The van der Waals surface area contributed by atoms with Gasteiger partial charge in [0, 0.05) is 38.0 Å². The molecule has 0 radical (unpaired) electrons. The molecule has 1 aliphatic heterocycles. The van der Waals surface area contributed by atoms with E-state index in [1.807, 2.05) is 73.0 Å². The Bertz CT molecular complexity index is 1260. The van der Waals surface area contributed by atoms with Crippen LogP contribution < -0.4 is 4.74 Å². The van der Waals surface area contributed by atoms with Gasteiger partial charge in [-0.05, 0) is 78.7 Å². The quantitative estimate of drug-likeness (QED) is 0.125. The number of hydrogen-bond donors (Lipinski definition) is 1. The van der Waals surface area contributed by atoms with Crippen LogP contribution in [0.5, 0.6) is 5.75 Å². The number of carbonyl (C=O) groups excluding carboxylic acids is 2. The van der Waals surface area contributed by atoms with Crippen molar-refractivity contribution < 1.29 is 43.1 Å². The van der Waals surface area contributed by atoms with E-state index in [-0.39, 0.29) is 43.2 Å². The molecule has 0 aromatic heterocycles. The highest BCUT2D eigenvalue weighted by Gasteiger charge is 2.48. The molecule has 1 heterocycles. The first-order valence-corrected chi connectivity index (χ1v) is 18.9. The lowest BCUT2D eigenvalue weighted by Crippen LogP contribution is -2.59. The summed E-state index contributed by atoms with van der Waals surface area (Å²) >= 11 is 0. The van der Waals surface area contributed by atoms with Gasteiger partial charge in [-0.15, -0.1) is 0 Å². The van der Waals surface area contributed by atoms with E-state index in [2.05, 4.69) is 22.1 Å². The highest BCUT2D eigenvalue weighted by molar-refractivity contribution is 5.89. The maximum absolute atomic E-state index is 14.1. The van der Waals surface area contributed by atoms with Crippen molar-refractivity contribution in [1.82, 2.24) is 4.90 Å². The number of methoxy groups -OCH3 is 3. The van der Waals surface area contributed by atoms with Crippen LogP contribution in [0.2, 0.25) is 0 Å². The summed E-state index contributed by atoms with van der Waals surface area (Å²) in [6.07, 6.45) is -0.00548. The van der Waals surface area contributed by atoms with Gasteiger partial charge in [-0.1, -0.05) is 53.2 Å². The minimum atomic E-state index is -1.80. The molecule has 0 amide bonds. The van der Waals surface area contributed by atoms with Crippen molar-refractivity contribution in [3.63, 3.8) is 0 Å². The Hall–Kier alpha value is -2.32. The van der Waals surface area contributed by atoms with Crippen LogP contribution in [-0.4, -0.2) is 118 Å². The summed E-state index contributed by atoms with van der Waals surface area (Å²) in [5, 5.41) is 20.2. The Kier molecular flexibility index (Phi) is 18.5. The monoisotopic (exact) mass is 736 g/mol. The first-order valence-electron chi connectivity index (χ1n) is 18.9. The number of nitrogens with zero attached hydrogens (tertiary/aromatic N) is 3. The van der Waals surface area contributed by atoms with Crippen molar-refractivity contribution in [1.29, 1.82) is 0 Å². The van der Waals surface area contributed by atoms with Crippen molar-refractivity contribution in [2.75, 3.05) is 48.6 Å². The summed E-state index contributed by atoms with van der Waals surface area (Å²) in [7, 11) is 8.94. The number of azo groups is 1. The lowest BCUT2D eigenvalue weighted by atomic mass is 9.80. The maximum Gasteiger partial charge on any atom is 0.186 e. The number of Topliss-reactive ketones (excluding diaryl/α,β-unsaturated/α-hetero) is 2. The van der Waals surface area contributed by atoms with Crippen molar-refractivity contribution in [2.24, 2.45) is 28.0 Å². The van der Waals surface area contributed by atoms with Crippen LogP contribution in [0.3, 0.4) is 0 Å². The first kappa shape index (κ1) is 45.8. The van der Waals surface area contributed by atoms with Gasteiger partial charge in [0.2, 0.25) is 0 Å². The SMILES string of the molecule is CCCC(C)(OC)C(OC1OC(C)CC(N(C)C)C1OC)C(C)C(=O)C(C)COC(CC)C(C)(O)C(=O)C(C)CN=NC(C)c1ccc(OC)cc1. The van der Waals surface area contributed by atoms with E-state index < -0.39 is 53.2 Å². The Morgan fingerprint density at radius 2 is 1.67 bits per heavy atom. The van der Waals surface area contributed by atoms with Gasteiger partial charge in [0.1, 0.15) is 23.2 Å². The van der Waals surface area contributed by atoms with Gasteiger partial charge >= 0.3 is 0 Å². The van der Waals surface area contributed by atoms with E-state index >= 15 is 0 Å². The predicted octanol–water partition coefficient (Wildman–Crippen LogP) is 6.47. The number of ketones is 2. The van der Waals surface area contributed by atoms with Crippen molar-refractivity contribution in [2.45, 2.75) is 142 Å². The second-order valence-electron chi connectivity index (χ2n) is 15.2. The third kappa shape index (κ3) is 11.8. The van der Waals surface area contributed by atoms with Crippen LogP contribution in [0.1, 0.15) is 99.6 Å².